The highest BCUT2D eigenvalue weighted by atomic mass is 16.5. The molecule has 2 aliphatic heterocycles. The smallest absolute Gasteiger partial charge is 0.0718 e. The Bertz CT molecular complexity index is 129. The van der Waals surface area contributed by atoms with E-state index in [0.29, 0.717) is 18.8 Å². The number of aliphatic hydroxyl groups is 1. The Balaban J connectivity index is 2.01. The molecule has 58 valence electrons. The molecule has 0 aromatic carbocycles. The average molecular weight is 143 g/mol. The lowest BCUT2D eigenvalue weighted by atomic mass is 10.2. The predicted molar refractivity (Wildman–Crippen MR) is 36.8 cm³/mol. The van der Waals surface area contributed by atoms with Crippen molar-refractivity contribution in [3.8, 4) is 0 Å². The fraction of sp³-hybridized carbons (Fsp3) is 1.00. The zero-order chi connectivity index (χ0) is 6.97. The zero-order valence-corrected chi connectivity index (χ0v) is 5.99. The third kappa shape index (κ3) is 0.944. The third-order valence-corrected chi connectivity index (χ3v) is 2.43. The van der Waals surface area contributed by atoms with Crippen molar-refractivity contribution >= 4 is 0 Å². The molecule has 0 saturated carbocycles. The summed E-state index contributed by atoms with van der Waals surface area (Å²) in [6.45, 7) is 3.17. The van der Waals surface area contributed by atoms with E-state index < -0.39 is 0 Å². The lowest BCUT2D eigenvalue weighted by Gasteiger charge is -2.24. The van der Waals surface area contributed by atoms with Gasteiger partial charge in [-0.25, -0.2) is 0 Å². The second-order valence-corrected chi connectivity index (χ2v) is 3.06. The first-order valence-corrected chi connectivity index (χ1v) is 3.86. The standard InChI is InChI=1S/C7H13NO2/c9-5-6-3-7-4-8(6)1-2-10-7/h6-7,9H,1-5H2/t6-,7+/m0/s1. The van der Waals surface area contributed by atoms with E-state index in [-0.39, 0.29) is 0 Å². The van der Waals surface area contributed by atoms with Crippen LogP contribution in [0.15, 0.2) is 0 Å². The van der Waals surface area contributed by atoms with Crippen molar-refractivity contribution in [2.75, 3.05) is 26.3 Å². The number of nitrogens with zero attached hydrogens (tertiary/aromatic N) is 1. The molecule has 0 aliphatic carbocycles. The van der Waals surface area contributed by atoms with Crippen molar-refractivity contribution in [1.82, 2.24) is 4.90 Å². The molecule has 2 fully saturated rings. The molecule has 0 radical (unpaired) electrons. The Labute approximate surface area is 60.6 Å². The van der Waals surface area contributed by atoms with Gasteiger partial charge in [0.2, 0.25) is 0 Å². The highest BCUT2D eigenvalue weighted by Gasteiger charge is 2.34. The van der Waals surface area contributed by atoms with Crippen LogP contribution in [0.25, 0.3) is 0 Å². The highest BCUT2D eigenvalue weighted by Crippen LogP contribution is 2.22. The van der Waals surface area contributed by atoms with Crippen LogP contribution in [0.4, 0.5) is 0 Å². The molecule has 2 aliphatic rings. The molecule has 0 spiro atoms. The molecule has 3 atom stereocenters. The SMILES string of the molecule is OC[C@@H]1C[C@@H]2CN1CCO2. The molecule has 10 heavy (non-hydrogen) atoms. The number of aliphatic hydroxyl groups excluding tert-OH is 1. The Morgan fingerprint density at radius 1 is 1.60 bits per heavy atom. The minimum absolute atomic E-state index is 0.292. The van der Waals surface area contributed by atoms with Crippen LogP contribution in [0.3, 0.4) is 0 Å². The van der Waals surface area contributed by atoms with Crippen LogP contribution in [0.5, 0.6) is 0 Å². The first-order valence-electron chi connectivity index (χ1n) is 3.86. The number of hydrogen-bond acceptors (Lipinski definition) is 3. The molecule has 2 saturated heterocycles. The summed E-state index contributed by atoms with van der Waals surface area (Å²) in [7, 11) is 0. The molecule has 0 amide bonds. The minimum atomic E-state index is 0.292. The molecular formula is C7H13NO2. The Morgan fingerprint density at radius 2 is 2.50 bits per heavy atom. The van der Waals surface area contributed by atoms with E-state index in [9.17, 15) is 0 Å². The summed E-state index contributed by atoms with van der Waals surface area (Å²) in [6, 6.07) is 0.382. The topological polar surface area (TPSA) is 32.7 Å². The number of hydrogen-bond donors (Lipinski definition) is 1. The van der Waals surface area contributed by atoms with Gasteiger partial charge in [-0.05, 0) is 6.42 Å². The van der Waals surface area contributed by atoms with E-state index in [2.05, 4.69) is 4.90 Å². The Kier molecular flexibility index (Phi) is 1.64. The lowest BCUT2D eigenvalue weighted by molar-refractivity contribution is 0.0134. The number of ether oxygens (including phenoxy) is 1. The van der Waals surface area contributed by atoms with Gasteiger partial charge >= 0.3 is 0 Å². The quantitative estimate of drug-likeness (QED) is 0.534. The van der Waals surface area contributed by atoms with E-state index >= 15 is 0 Å². The summed E-state index contributed by atoms with van der Waals surface area (Å²) >= 11 is 0. The molecule has 2 bridgehead atoms. The predicted octanol–water partition coefficient (Wildman–Crippen LogP) is -0.548. The van der Waals surface area contributed by atoms with Gasteiger partial charge in [-0.15, -0.1) is 0 Å². The maximum absolute atomic E-state index is 8.92. The lowest BCUT2D eigenvalue weighted by Crippen LogP contribution is -2.38. The zero-order valence-electron chi connectivity index (χ0n) is 5.99. The maximum Gasteiger partial charge on any atom is 0.0718 e. The van der Waals surface area contributed by atoms with Gasteiger partial charge in [0.1, 0.15) is 0 Å². The largest absolute Gasteiger partial charge is 0.395 e. The molecule has 3 heteroatoms. The monoisotopic (exact) mass is 143 g/mol. The summed E-state index contributed by atoms with van der Waals surface area (Å²) in [6.07, 6.45) is 1.43. The van der Waals surface area contributed by atoms with Gasteiger partial charge in [0.15, 0.2) is 0 Å². The van der Waals surface area contributed by atoms with Gasteiger partial charge in [0.25, 0.3) is 0 Å². The Morgan fingerprint density at radius 3 is 3.20 bits per heavy atom. The van der Waals surface area contributed by atoms with E-state index in [4.69, 9.17) is 9.84 Å². The summed E-state index contributed by atoms with van der Waals surface area (Å²) in [4.78, 5) is 2.31. The van der Waals surface area contributed by atoms with Crippen molar-refractivity contribution in [3.63, 3.8) is 0 Å². The van der Waals surface area contributed by atoms with Crippen LogP contribution in [-0.2, 0) is 4.74 Å². The fourth-order valence-corrected chi connectivity index (χ4v) is 1.86. The van der Waals surface area contributed by atoms with E-state index in [1.165, 1.54) is 0 Å². The minimum Gasteiger partial charge on any atom is -0.395 e. The molecule has 1 unspecified atom stereocenters. The van der Waals surface area contributed by atoms with Crippen molar-refractivity contribution in [2.24, 2.45) is 0 Å². The van der Waals surface area contributed by atoms with Crippen molar-refractivity contribution in [3.05, 3.63) is 0 Å². The first kappa shape index (κ1) is 6.58. The van der Waals surface area contributed by atoms with Crippen LogP contribution in [0.1, 0.15) is 6.42 Å². The van der Waals surface area contributed by atoms with Crippen LogP contribution in [0, 0.1) is 0 Å². The van der Waals surface area contributed by atoms with Gasteiger partial charge in [0.05, 0.1) is 19.3 Å². The van der Waals surface area contributed by atoms with E-state index in [0.717, 1.165) is 26.1 Å². The summed E-state index contributed by atoms with van der Waals surface area (Å²) in [5, 5.41) is 8.92. The maximum atomic E-state index is 8.92. The number of morpholine rings is 1. The first-order chi connectivity index (χ1) is 4.90. The number of fused-ring (bicyclic) bond motifs is 2. The Hall–Kier alpha value is -0.120. The second kappa shape index (κ2) is 2.49. The molecular weight excluding hydrogens is 130 g/mol. The summed E-state index contributed by atoms with van der Waals surface area (Å²) in [5.74, 6) is 0. The van der Waals surface area contributed by atoms with Gasteiger partial charge in [-0.2, -0.15) is 0 Å². The molecule has 0 aromatic heterocycles. The molecule has 2 heterocycles. The molecule has 0 aromatic rings. The molecule has 1 N–H and O–H groups in total. The van der Waals surface area contributed by atoms with Crippen molar-refractivity contribution in [2.45, 2.75) is 18.6 Å². The van der Waals surface area contributed by atoms with E-state index in [1.54, 1.807) is 0 Å². The van der Waals surface area contributed by atoms with Crippen molar-refractivity contribution < 1.29 is 9.84 Å². The average Bonchev–Trinajstić information content (AvgIpc) is 2.26. The second-order valence-electron chi connectivity index (χ2n) is 3.06. The normalized spacial score (nSPS) is 45.9. The van der Waals surface area contributed by atoms with Crippen LogP contribution in [0.2, 0.25) is 0 Å². The number of rotatable bonds is 1. The summed E-state index contributed by atoms with van der Waals surface area (Å²) in [5.41, 5.74) is 0. The van der Waals surface area contributed by atoms with Crippen LogP contribution >= 0.6 is 0 Å². The van der Waals surface area contributed by atoms with Gasteiger partial charge < -0.3 is 9.84 Å². The molecule has 2 rings (SSSR count). The molecule has 3 nitrogen and oxygen atoms in total. The summed E-state index contributed by atoms with van der Waals surface area (Å²) < 4.78 is 5.45. The van der Waals surface area contributed by atoms with Crippen LogP contribution < -0.4 is 0 Å². The van der Waals surface area contributed by atoms with Gasteiger partial charge in [-0.3, -0.25) is 4.90 Å². The fourth-order valence-electron chi connectivity index (χ4n) is 1.86. The van der Waals surface area contributed by atoms with Gasteiger partial charge in [0, 0.05) is 19.1 Å². The third-order valence-electron chi connectivity index (χ3n) is 2.43. The highest BCUT2D eigenvalue weighted by molar-refractivity contribution is 4.88. The van der Waals surface area contributed by atoms with E-state index in [1.807, 2.05) is 0 Å². The van der Waals surface area contributed by atoms with Crippen molar-refractivity contribution in [1.29, 1.82) is 0 Å². The van der Waals surface area contributed by atoms with Gasteiger partial charge in [-0.1, -0.05) is 0 Å². The van der Waals surface area contributed by atoms with Crippen LogP contribution in [-0.4, -0.2) is 48.5 Å².